The van der Waals surface area contributed by atoms with Crippen molar-refractivity contribution in [2.24, 2.45) is 5.73 Å². The van der Waals surface area contributed by atoms with E-state index in [1.54, 1.807) is 26.0 Å². The molecule has 138 valence electrons. The van der Waals surface area contributed by atoms with Gasteiger partial charge in [-0.15, -0.1) is 0 Å². The van der Waals surface area contributed by atoms with Crippen LogP contribution in [0, 0.1) is 0 Å². The number of amides is 1. The molecule has 1 aliphatic heterocycles. The number of hydrogen-bond acceptors (Lipinski definition) is 5. The minimum Gasteiger partial charge on any atom is -0.394 e. The van der Waals surface area contributed by atoms with Crippen molar-refractivity contribution in [3.05, 3.63) is 41.1 Å². The summed E-state index contributed by atoms with van der Waals surface area (Å²) in [6.07, 6.45) is 4.25. The number of aromatic nitrogens is 2. The van der Waals surface area contributed by atoms with Gasteiger partial charge in [0, 0.05) is 41.6 Å². The number of anilines is 1. The SMILES string of the molecule is CC(C)O.NC(=O)c1ccc(-c2nc(N3CCC3)nc3c2CCC3)cc1. The first-order chi connectivity index (χ1) is 12.5. The average molecular weight is 354 g/mol. The van der Waals surface area contributed by atoms with Crippen LogP contribution in [-0.4, -0.2) is 40.2 Å². The van der Waals surface area contributed by atoms with Crippen LogP contribution in [0.4, 0.5) is 5.95 Å². The van der Waals surface area contributed by atoms with Crippen molar-refractivity contribution in [3.63, 3.8) is 0 Å². The Morgan fingerprint density at radius 3 is 2.31 bits per heavy atom. The lowest BCUT2D eigenvalue weighted by Gasteiger charge is -2.31. The summed E-state index contributed by atoms with van der Waals surface area (Å²) < 4.78 is 0. The molecule has 1 aliphatic carbocycles. The Labute approximate surface area is 154 Å². The van der Waals surface area contributed by atoms with E-state index in [1.165, 1.54) is 17.7 Å². The lowest BCUT2D eigenvalue weighted by Crippen LogP contribution is -2.38. The molecule has 1 fully saturated rings. The first-order valence-corrected chi connectivity index (χ1v) is 9.18. The Morgan fingerprint density at radius 1 is 1.12 bits per heavy atom. The first-order valence-electron chi connectivity index (χ1n) is 9.18. The summed E-state index contributed by atoms with van der Waals surface area (Å²) in [5.41, 5.74) is 10.3. The molecule has 2 heterocycles. The molecule has 2 aliphatic rings. The molecule has 0 spiro atoms. The van der Waals surface area contributed by atoms with E-state index in [1.807, 2.05) is 12.1 Å². The number of aliphatic hydroxyl groups excluding tert-OH is 1. The van der Waals surface area contributed by atoms with Gasteiger partial charge >= 0.3 is 0 Å². The average Bonchev–Trinajstić information content (AvgIpc) is 3.00. The third kappa shape index (κ3) is 4.02. The second-order valence-electron chi connectivity index (χ2n) is 7.03. The van der Waals surface area contributed by atoms with Crippen molar-refractivity contribution in [3.8, 4) is 11.3 Å². The minimum atomic E-state index is -0.402. The largest absolute Gasteiger partial charge is 0.394 e. The number of nitrogens with zero attached hydrogens (tertiary/aromatic N) is 3. The molecule has 26 heavy (non-hydrogen) atoms. The van der Waals surface area contributed by atoms with Crippen LogP contribution in [-0.2, 0) is 12.8 Å². The number of carbonyl (C=O) groups excluding carboxylic acids is 1. The highest BCUT2D eigenvalue weighted by Crippen LogP contribution is 2.32. The summed E-state index contributed by atoms with van der Waals surface area (Å²) in [7, 11) is 0. The summed E-state index contributed by atoms with van der Waals surface area (Å²) in [4.78, 5) is 23.0. The molecule has 1 aromatic carbocycles. The maximum atomic E-state index is 11.2. The van der Waals surface area contributed by atoms with E-state index < -0.39 is 5.91 Å². The Kier molecular flexibility index (Phi) is 5.52. The van der Waals surface area contributed by atoms with Crippen molar-refractivity contribution in [1.82, 2.24) is 9.97 Å². The minimum absolute atomic E-state index is 0.167. The number of aliphatic hydroxyl groups is 1. The number of aryl methyl sites for hydroxylation is 1. The van der Waals surface area contributed by atoms with Crippen LogP contribution in [0.1, 0.15) is 48.3 Å². The topological polar surface area (TPSA) is 92.3 Å². The van der Waals surface area contributed by atoms with E-state index in [0.717, 1.165) is 49.6 Å². The number of carbonyl (C=O) groups is 1. The molecule has 6 nitrogen and oxygen atoms in total. The van der Waals surface area contributed by atoms with Crippen molar-refractivity contribution < 1.29 is 9.90 Å². The van der Waals surface area contributed by atoms with E-state index in [2.05, 4.69) is 4.90 Å². The fraction of sp³-hybridized carbons (Fsp3) is 0.450. The number of hydrogen-bond donors (Lipinski definition) is 2. The zero-order chi connectivity index (χ0) is 18.7. The summed E-state index contributed by atoms with van der Waals surface area (Å²) in [6, 6.07) is 7.40. The molecule has 0 bridgehead atoms. The van der Waals surface area contributed by atoms with Gasteiger partial charge < -0.3 is 15.7 Å². The number of nitrogens with two attached hydrogens (primary N) is 1. The lowest BCUT2D eigenvalue weighted by atomic mass is 10.0. The molecule has 0 atom stereocenters. The van der Waals surface area contributed by atoms with Gasteiger partial charge in [-0.25, -0.2) is 9.97 Å². The van der Waals surface area contributed by atoms with Crippen LogP contribution in [0.15, 0.2) is 24.3 Å². The van der Waals surface area contributed by atoms with Gasteiger partial charge in [0.1, 0.15) is 0 Å². The highest BCUT2D eigenvalue weighted by Gasteiger charge is 2.24. The van der Waals surface area contributed by atoms with E-state index in [0.29, 0.717) is 5.56 Å². The predicted molar refractivity (Wildman–Crippen MR) is 102 cm³/mol. The third-order valence-electron chi connectivity index (χ3n) is 4.50. The predicted octanol–water partition coefficient (Wildman–Crippen LogP) is 2.33. The molecule has 0 saturated carbocycles. The van der Waals surface area contributed by atoms with Crippen LogP contribution in [0.25, 0.3) is 11.3 Å². The molecule has 1 saturated heterocycles. The molecule has 0 unspecified atom stereocenters. The maximum Gasteiger partial charge on any atom is 0.248 e. The van der Waals surface area contributed by atoms with Crippen molar-refractivity contribution in [1.29, 1.82) is 0 Å². The molecule has 6 heteroatoms. The van der Waals surface area contributed by atoms with E-state index in [9.17, 15) is 4.79 Å². The van der Waals surface area contributed by atoms with Gasteiger partial charge in [0.25, 0.3) is 0 Å². The normalized spacial score (nSPS) is 15.2. The lowest BCUT2D eigenvalue weighted by molar-refractivity contribution is 0.100. The standard InChI is InChI=1S/C17H18N4O.C3H8O/c18-16(22)12-7-5-11(6-8-12)15-13-3-1-4-14(13)19-17(20-15)21-9-2-10-21;1-3(2)4/h5-8H,1-4,9-10H2,(H2,18,22);3-4H,1-2H3. The Hall–Kier alpha value is -2.47. The van der Waals surface area contributed by atoms with E-state index in [4.69, 9.17) is 20.8 Å². The van der Waals surface area contributed by atoms with E-state index in [-0.39, 0.29) is 6.10 Å². The van der Waals surface area contributed by atoms with Crippen LogP contribution in [0.2, 0.25) is 0 Å². The summed E-state index contributed by atoms with van der Waals surface area (Å²) in [6.45, 7) is 5.53. The number of benzene rings is 1. The molecular weight excluding hydrogens is 328 g/mol. The molecule has 1 aromatic heterocycles. The Morgan fingerprint density at radius 2 is 1.77 bits per heavy atom. The second kappa shape index (κ2) is 7.83. The van der Waals surface area contributed by atoms with E-state index >= 15 is 0 Å². The van der Waals surface area contributed by atoms with Gasteiger partial charge in [-0.05, 0) is 51.7 Å². The van der Waals surface area contributed by atoms with Crippen LogP contribution >= 0.6 is 0 Å². The third-order valence-corrected chi connectivity index (χ3v) is 4.50. The molecule has 2 aromatic rings. The zero-order valence-corrected chi connectivity index (χ0v) is 15.4. The maximum absolute atomic E-state index is 11.2. The van der Waals surface area contributed by atoms with Crippen LogP contribution in [0.5, 0.6) is 0 Å². The van der Waals surface area contributed by atoms with Gasteiger partial charge in [0.15, 0.2) is 0 Å². The van der Waals surface area contributed by atoms with Gasteiger partial charge in [-0.3, -0.25) is 4.79 Å². The quantitative estimate of drug-likeness (QED) is 0.882. The molecule has 3 N–H and O–H groups in total. The monoisotopic (exact) mass is 354 g/mol. The number of rotatable bonds is 3. The second-order valence-corrected chi connectivity index (χ2v) is 7.03. The summed E-state index contributed by atoms with van der Waals surface area (Å²) >= 11 is 0. The number of fused-ring (bicyclic) bond motifs is 1. The zero-order valence-electron chi connectivity index (χ0n) is 15.4. The van der Waals surface area contributed by atoms with Crippen molar-refractivity contribution in [2.45, 2.75) is 45.6 Å². The van der Waals surface area contributed by atoms with Crippen LogP contribution < -0.4 is 10.6 Å². The molecular formula is C20H26N4O2. The smallest absolute Gasteiger partial charge is 0.248 e. The molecule has 0 radical (unpaired) electrons. The fourth-order valence-corrected chi connectivity index (χ4v) is 3.11. The molecule has 1 amide bonds. The summed E-state index contributed by atoms with van der Waals surface area (Å²) in [5.74, 6) is 0.446. The fourth-order valence-electron chi connectivity index (χ4n) is 3.11. The van der Waals surface area contributed by atoms with Crippen molar-refractivity contribution >= 4 is 11.9 Å². The summed E-state index contributed by atoms with van der Waals surface area (Å²) in [5, 5.41) is 8.06. The highest BCUT2D eigenvalue weighted by atomic mass is 16.3. The first kappa shape index (κ1) is 18.3. The van der Waals surface area contributed by atoms with Gasteiger partial charge in [-0.1, -0.05) is 12.1 Å². The van der Waals surface area contributed by atoms with Gasteiger partial charge in [0.05, 0.1) is 5.69 Å². The van der Waals surface area contributed by atoms with Crippen molar-refractivity contribution in [2.75, 3.05) is 18.0 Å². The molecule has 4 rings (SSSR count). The Bertz CT molecular complexity index is 780. The Balaban J connectivity index is 0.000000447. The number of primary amides is 1. The highest BCUT2D eigenvalue weighted by molar-refractivity contribution is 5.93. The van der Waals surface area contributed by atoms with Gasteiger partial charge in [0.2, 0.25) is 11.9 Å². The van der Waals surface area contributed by atoms with Gasteiger partial charge in [-0.2, -0.15) is 0 Å². The van der Waals surface area contributed by atoms with Crippen LogP contribution in [0.3, 0.4) is 0 Å².